The number of nitrogens with zero attached hydrogens (tertiary/aromatic N) is 2. The fourth-order valence-corrected chi connectivity index (χ4v) is 2.97. The SMILES string of the molecule is CCCNc1ncccc1S(=O)(=O)NCCc1cnc[nH]1. The van der Waals surface area contributed by atoms with E-state index in [1.165, 1.54) is 0 Å². The maximum absolute atomic E-state index is 12.3. The van der Waals surface area contributed by atoms with Crippen LogP contribution in [0.2, 0.25) is 0 Å². The van der Waals surface area contributed by atoms with E-state index in [9.17, 15) is 8.42 Å². The molecule has 2 aromatic heterocycles. The first-order valence-corrected chi connectivity index (χ1v) is 8.27. The largest absolute Gasteiger partial charge is 0.369 e. The summed E-state index contributed by atoms with van der Waals surface area (Å²) in [4.78, 5) is 11.1. The predicted molar refractivity (Wildman–Crippen MR) is 80.5 cm³/mol. The summed E-state index contributed by atoms with van der Waals surface area (Å²) < 4.78 is 27.2. The number of imidazole rings is 1. The fraction of sp³-hybridized carbons (Fsp3) is 0.385. The molecule has 21 heavy (non-hydrogen) atoms. The fourth-order valence-electron chi connectivity index (χ4n) is 1.80. The lowest BCUT2D eigenvalue weighted by Crippen LogP contribution is -2.27. The molecular formula is C13H19N5O2S. The zero-order valence-electron chi connectivity index (χ0n) is 11.8. The number of sulfonamides is 1. The van der Waals surface area contributed by atoms with Crippen LogP contribution in [0.1, 0.15) is 19.0 Å². The third kappa shape index (κ3) is 4.27. The monoisotopic (exact) mass is 309 g/mol. The molecule has 0 aliphatic heterocycles. The maximum atomic E-state index is 12.3. The minimum Gasteiger partial charge on any atom is -0.369 e. The van der Waals surface area contributed by atoms with E-state index in [1.54, 1.807) is 30.9 Å². The predicted octanol–water partition coefficient (Wildman–Crippen LogP) is 1.15. The van der Waals surface area contributed by atoms with Crippen molar-refractivity contribution >= 4 is 15.8 Å². The molecule has 0 unspecified atom stereocenters. The van der Waals surface area contributed by atoms with Gasteiger partial charge in [-0.15, -0.1) is 0 Å². The van der Waals surface area contributed by atoms with Crippen LogP contribution in [0.25, 0.3) is 0 Å². The van der Waals surface area contributed by atoms with Gasteiger partial charge in [0.25, 0.3) is 0 Å². The molecule has 0 atom stereocenters. The van der Waals surface area contributed by atoms with Gasteiger partial charge < -0.3 is 10.3 Å². The van der Waals surface area contributed by atoms with E-state index in [-0.39, 0.29) is 4.90 Å². The second-order valence-corrected chi connectivity index (χ2v) is 6.24. The number of anilines is 1. The number of hydrogen-bond acceptors (Lipinski definition) is 5. The zero-order chi connectivity index (χ0) is 15.1. The molecule has 114 valence electrons. The van der Waals surface area contributed by atoms with E-state index in [4.69, 9.17) is 0 Å². The van der Waals surface area contributed by atoms with Crippen LogP contribution in [0.5, 0.6) is 0 Å². The number of H-pyrrole nitrogens is 1. The van der Waals surface area contributed by atoms with Crippen molar-refractivity contribution in [3.8, 4) is 0 Å². The lowest BCUT2D eigenvalue weighted by atomic mass is 10.3. The topological polar surface area (TPSA) is 99.8 Å². The van der Waals surface area contributed by atoms with Gasteiger partial charge in [-0.25, -0.2) is 23.1 Å². The van der Waals surface area contributed by atoms with Crippen molar-refractivity contribution in [2.45, 2.75) is 24.7 Å². The molecule has 0 fully saturated rings. The molecule has 2 rings (SSSR count). The molecule has 0 radical (unpaired) electrons. The maximum Gasteiger partial charge on any atom is 0.244 e. The van der Waals surface area contributed by atoms with E-state index < -0.39 is 10.0 Å². The van der Waals surface area contributed by atoms with Gasteiger partial charge >= 0.3 is 0 Å². The van der Waals surface area contributed by atoms with Crippen molar-refractivity contribution in [3.05, 3.63) is 36.5 Å². The molecule has 0 saturated heterocycles. The van der Waals surface area contributed by atoms with Crippen LogP contribution in [0, 0.1) is 0 Å². The van der Waals surface area contributed by atoms with Crippen molar-refractivity contribution in [1.29, 1.82) is 0 Å². The second kappa shape index (κ2) is 7.19. The van der Waals surface area contributed by atoms with E-state index in [2.05, 4.69) is 25.0 Å². The third-order valence-corrected chi connectivity index (χ3v) is 4.34. The first kappa shape index (κ1) is 15.5. The van der Waals surface area contributed by atoms with Gasteiger partial charge in [0.05, 0.1) is 6.33 Å². The quantitative estimate of drug-likeness (QED) is 0.679. The van der Waals surface area contributed by atoms with E-state index >= 15 is 0 Å². The average molecular weight is 309 g/mol. The number of aromatic amines is 1. The van der Waals surface area contributed by atoms with Crippen LogP contribution < -0.4 is 10.0 Å². The number of pyridine rings is 1. The van der Waals surface area contributed by atoms with Gasteiger partial charge in [0, 0.05) is 37.6 Å². The van der Waals surface area contributed by atoms with Crippen LogP contribution in [0.15, 0.2) is 35.7 Å². The Hall–Kier alpha value is -1.93. The normalized spacial score (nSPS) is 11.5. The van der Waals surface area contributed by atoms with Crippen molar-refractivity contribution in [3.63, 3.8) is 0 Å². The van der Waals surface area contributed by atoms with E-state index in [0.29, 0.717) is 25.3 Å². The summed E-state index contributed by atoms with van der Waals surface area (Å²) in [7, 11) is -3.58. The van der Waals surface area contributed by atoms with Crippen LogP contribution in [-0.2, 0) is 16.4 Å². The second-order valence-electron chi connectivity index (χ2n) is 4.50. The van der Waals surface area contributed by atoms with Gasteiger partial charge in [-0.1, -0.05) is 6.92 Å². The highest BCUT2D eigenvalue weighted by molar-refractivity contribution is 7.89. The highest BCUT2D eigenvalue weighted by Crippen LogP contribution is 2.17. The molecule has 8 heteroatoms. The molecule has 3 N–H and O–H groups in total. The summed E-state index contributed by atoms with van der Waals surface area (Å²) in [6, 6.07) is 3.16. The van der Waals surface area contributed by atoms with Gasteiger partial charge in [-0.2, -0.15) is 0 Å². The molecule has 0 aromatic carbocycles. The highest BCUT2D eigenvalue weighted by Gasteiger charge is 2.18. The zero-order valence-corrected chi connectivity index (χ0v) is 12.7. The number of rotatable bonds is 8. The molecule has 0 aliphatic rings. The smallest absolute Gasteiger partial charge is 0.244 e. The Morgan fingerprint density at radius 3 is 2.90 bits per heavy atom. The minimum absolute atomic E-state index is 0.170. The van der Waals surface area contributed by atoms with Crippen LogP contribution >= 0.6 is 0 Å². The van der Waals surface area contributed by atoms with Gasteiger partial charge in [0.1, 0.15) is 10.7 Å². The van der Waals surface area contributed by atoms with Gasteiger partial charge in [-0.3, -0.25) is 0 Å². The Balaban J connectivity index is 2.04. The molecular weight excluding hydrogens is 290 g/mol. The summed E-state index contributed by atoms with van der Waals surface area (Å²) >= 11 is 0. The van der Waals surface area contributed by atoms with Crippen molar-refractivity contribution in [2.75, 3.05) is 18.4 Å². The first-order chi connectivity index (χ1) is 10.1. The third-order valence-electron chi connectivity index (χ3n) is 2.84. The van der Waals surface area contributed by atoms with Crippen LogP contribution in [0.4, 0.5) is 5.82 Å². The summed E-state index contributed by atoms with van der Waals surface area (Å²) in [6.45, 7) is 2.98. The Kier molecular flexibility index (Phi) is 5.29. The summed E-state index contributed by atoms with van der Waals surface area (Å²) in [5.41, 5.74) is 0.883. The van der Waals surface area contributed by atoms with Gasteiger partial charge in [0.2, 0.25) is 10.0 Å². The van der Waals surface area contributed by atoms with Crippen molar-refractivity contribution in [1.82, 2.24) is 19.7 Å². The molecule has 0 amide bonds. The molecule has 0 saturated carbocycles. The Morgan fingerprint density at radius 1 is 1.33 bits per heavy atom. The molecule has 0 spiro atoms. The number of hydrogen-bond donors (Lipinski definition) is 3. The standard InChI is InChI=1S/C13H19N5O2S/c1-2-6-15-13-12(4-3-7-16-13)21(19,20)18-8-5-11-9-14-10-17-11/h3-4,7,9-10,18H,2,5-6,8H2,1H3,(H,14,17)(H,15,16). The number of nitrogens with one attached hydrogen (secondary N) is 3. The minimum atomic E-state index is -3.58. The molecule has 7 nitrogen and oxygen atoms in total. The Morgan fingerprint density at radius 2 is 2.19 bits per heavy atom. The highest BCUT2D eigenvalue weighted by atomic mass is 32.2. The van der Waals surface area contributed by atoms with Gasteiger partial charge in [0.15, 0.2) is 0 Å². The summed E-state index contributed by atoms with van der Waals surface area (Å²) in [6.07, 6.45) is 6.26. The summed E-state index contributed by atoms with van der Waals surface area (Å²) in [5.74, 6) is 0.383. The lowest BCUT2D eigenvalue weighted by molar-refractivity contribution is 0.581. The molecule has 2 aromatic rings. The van der Waals surface area contributed by atoms with Crippen molar-refractivity contribution in [2.24, 2.45) is 0 Å². The van der Waals surface area contributed by atoms with Crippen LogP contribution in [0.3, 0.4) is 0 Å². The van der Waals surface area contributed by atoms with E-state index in [0.717, 1.165) is 12.1 Å². The molecule has 0 aliphatic carbocycles. The average Bonchev–Trinajstić information content (AvgIpc) is 2.98. The first-order valence-electron chi connectivity index (χ1n) is 6.79. The Bertz CT molecular complexity index is 655. The van der Waals surface area contributed by atoms with Crippen molar-refractivity contribution < 1.29 is 8.42 Å². The van der Waals surface area contributed by atoms with Crippen LogP contribution in [-0.4, -0.2) is 36.5 Å². The Labute approximate surface area is 124 Å². The lowest BCUT2D eigenvalue weighted by Gasteiger charge is -2.11. The summed E-state index contributed by atoms with van der Waals surface area (Å²) in [5, 5.41) is 3.03. The van der Waals surface area contributed by atoms with Gasteiger partial charge in [-0.05, 0) is 18.6 Å². The van der Waals surface area contributed by atoms with E-state index in [1.807, 2.05) is 6.92 Å². The molecule has 2 heterocycles. The molecule has 0 bridgehead atoms. The number of aromatic nitrogens is 3.